The summed E-state index contributed by atoms with van der Waals surface area (Å²) >= 11 is 0. The van der Waals surface area contributed by atoms with Crippen molar-refractivity contribution in [2.75, 3.05) is 39.6 Å². The fourth-order valence-electron chi connectivity index (χ4n) is 1.28. The molecule has 0 amide bonds. The van der Waals surface area contributed by atoms with E-state index in [4.69, 9.17) is 15.2 Å². The van der Waals surface area contributed by atoms with Crippen molar-refractivity contribution in [3.63, 3.8) is 0 Å². The number of anilines is 1. The molecular weight excluding hydrogens is 220 g/mol. The summed E-state index contributed by atoms with van der Waals surface area (Å²) in [6.45, 7) is 3.93. The lowest BCUT2D eigenvalue weighted by Gasteiger charge is -2.12. The Kier molecular flexibility index (Phi) is 5.48. The van der Waals surface area contributed by atoms with Gasteiger partial charge in [0.2, 0.25) is 11.8 Å². The Balaban J connectivity index is 2.50. The van der Waals surface area contributed by atoms with Crippen LogP contribution in [0.1, 0.15) is 13.3 Å². The molecular formula is C11H20N4O2. The van der Waals surface area contributed by atoms with Crippen molar-refractivity contribution in [1.82, 2.24) is 14.9 Å². The van der Waals surface area contributed by atoms with Gasteiger partial charge in [-0.15, -0.1) is 0 Å². The van der Waals surface area contributed by atoms with Gasteiger partial charge in [0.1, 0.15) is 6.33 Å². The van der Waals surface area contributed by atoms with Crippen LogP contribution < -0.4 is 15.2 Å². The quantitative estimate of drug-likeness (QED) is 0.710. The summed E-state index contributed by atoms with van der Waals surface area (Å²) in [6, 6.07) is 0. The van der Waals surface area contributed by atoms with E-state index in [0.29, 0.717) is 30.7 Å². The van der Waals surface area contributed by atoms with Gasteiger partial charge in [-0.2, -0.15) is 9.97 Å². The van der Waals surface area contributed by atoms with Gasteiger partial charge in [0.05, 0.1) is 13.2 Å². The molecule has 0 radical (unpaired) electrons. The molecule has 0 fully saturated rings. The smallest absolute Gasteiger partial charge is 0.244 e. The van der Waals surface area contributed by atoms with Crippen LogP contribution in [0.2, 0.25) is 0 Å². The highest BCUT2D eigenvalue weighted by molar-refractivity contribution is 5.55. The molecule has 0 aromatic carbocycles. The van der Waals surface area contributed by atoms with Crippen LogP contribution >= 0.6 is 0 Å². The van der Waals surface area contributed by atoms with Crippen LogP contribution in [-0.4, -0.2) is 48.7 Å². The number of nitrogens with two attached hydrogens (primary N) is 1. The van der Waals surface area contributed by atoms with Crippen LogP contribution in [0.4, 0.5) is 5.69 Å². The molecule has 1 aromatic rings. The van der Waals surface area contributed by atoms with Crippen LogP contribution in [0.25, 0.3) is 0 Å². The molecule has 0 bridgehead atoms. The van der Waals surface area contributed by atoms with Crippen molar-refractivity contribution < 1.29 is 9.47 Å². The van der Waals surface area contributed by atoms with E-state index in [2.05, 4.69) is 14.9 Å². The zero-order valence-electron chi connectivity index (χ0n) is 10.6. The third kappa shape index (κ3) is 4.44. The molecule has 2 N–H and O–H groups in total. The van der Waals surface area contributed by atoms with Crippen molar-refractivity contribution in [2.45, 2.75) is 13.3 Å². The first kappa shape index (κ1) is 13.5. The number of aromatic nitrogens is 2. The van der Waals surface area contributed by atoms with Crippen molar-refractivity contribution in [3.8, 4) is 11.8 Å². The number of rotatable bonds is 7. The Morgan fingerprint density at radius 2 is 1.88 bits per heavy atom. The van der Waals surface area contributed by atoms with E-state index in [9.17, 15) is 0 Å². The van der Waals surface area contributed by atoms with Crippen LogP contribution in [0.15, 0.2) is 6.33 Å². The van der Waals surface area contributed by atoms with Crippen molar-refractivity contribution in [2.24, 2.45) is 0 Å². The lowest BCUT2D eigenvalue weighted by atomic mass is 10.4. The minimum atomic E-state index is 0.360. The van der Waals surface area contributed by atoms with Gasteiger partial charge in [-0.3, -0.25) is 0 Å². The van der Waals surface area contributed by atoms with Crippen molar-refractivity contribution in [3.05, 3.63) is 6.33 Å². The topological polar surface area (TPSA) is 73.5 Å². The van der Waals surface area contributed by atoms with Crippen LogP contribution in [0, 0.1) is 0 Å². The molecule has 0 spiro atoms. The number of nitrogen functional groups attached to an aromatic ring is 1. The molecule has 0 aliphatic carbocycles. The summed E-state index contributed by atoms with van der Waals surface area (Å²) in [7, 11) is 4.04. The molecule has 6 nitrogen and oxygen atoms in total. The third-order valence-corrected chi connectivity index (χ3v) is 2.08. The fourth-order valence-corrected chi connectivity index (χ4v) is 1.28. The lowest BCUT2D eigenvalue weighted by molar-refractivity contribution is 0.270. The van der Waals surface area contributed by atoms with Gasteiger partial charge < -0.3 is 20.1 Å². The lowest BCUT2D eigenvalue weighted by Crippen LogP contribution is -2.16. The van der Waals surface area contributed by atoms with Crippen molar-refractivity contribution in [1.29, 1.82) is 0 Å². The summed E-state index contributed by atoms with van der Waals surface area (Å²) in [5.74, 6) is 0.771. The maximum Gasteiger partial charge on any atom is 0.244 e. The van der Waals surface area contributed by atoms with E-state index in [1.54, 1.807) is 0 Å². The van der Waals surface area contributed by atoms with E-state index in [0.717, 1.165) is 13.0 Å². The van der Waals surface area contributed by atoms with E-state index < -0.39 is 0 Å². The summed E-state index contributed by atoms with van der Waals surface area (Å²) in [5.41, 5.74) is 6.19. The average molecular weight is 240 g/mol. The predicted molar refractivity (Wildman–Crippen MR) is 66.3 cm³/mol. The molecule has 1 aromatic heterocycles. The molecule has 0 saturated carbocycles. The first-order valence-electron chi connectivity index (χ1n) is 5.66. The first-order chi connectivity index (χ1) is 8.15. The molecule has 1 heterocycles. The minimum Gasteiger partial charge on any atom is -0.476 e. The van der Waals surface area contributed by atoms with Gasteiger partial charge in [-0.1, -0.05) is 0 Å². The highest BCUT2D eigenvalue weighted by Crippen LogP contribution is 2.26. The number of hydrogen-bond donors (Lipinski definition) is 1. The van der Waals surface area contributed by atoms with Gasteiger partial charge in [0.15, 0.2) is 5.69 Å². The Morgan fingerprint density at radius 1 is 1.24 bits per heavy atom. The monoisotopic (exact) mass is 240 g/mol. The van der Waals surface area contributed by atoms with E-state index >= 15 is 0 Å². The molecule has 1 rings (SSSR count). The zero-order chi connectivity index (χ0) is 12.7. The maximum absolute atomic E-state index is 5.83. The second-order valence-corrected chi connectivity index (χ2v) is 3.84. The number of ether oxygens (including phenoxy) is 2. The van der Waals surface area contributed by atoms with Crippen molar-refractivity contribution >= 4 is 5.69 Å². The average Bonchev–Trinajstić information content (AvgIpc) is 2.29. The molecule has 0 aliphatic rings. The Hall–Kier alpha value is -1.56. The number of nitrogens with zero attached hydrogens (tertiary/aromatic N) is 3. The van der Waals surface area contributed by atoms with Crippen LogP contribution in [0.3, 0.4) is 0 Å². The SMILES string of the molecule is CCOc1ncnc(OCCCN(C)C)c1N. The van der Waals surface area contributed by atoms with E-state index in [1.165, 1.54) is 6.33 Å². The maximum atomic E-state index is 5.83. The molecule has 0 atom stereocenters. The molecule has 96 valence electrons. The molecule has 6 heteroatoms. The Bertz CT molecular complexity index is 344. The molecule has 0 saturated heterocycles. The summed E-state index contributed by atoms with van der Waals surface area (Å²) in [4.78, 5) is 10.0. The zero-order valence-corrected chi connectivity index (χ0v) is 10.6. The molecule has 0 aliphatic heterocycles. The standard InChI is InChI=1S/C11H20N4O2/c1-4-16-10-9(12)11(14-8-13-10)17-7-5-6-15(2)3/h8H,4-7,12H2,1-3H3. The van der Waals surface area contributed by atoms with Gasteiger partial charge >= 0.3 is 0 Å². The van der Waals surface area contributed by atoms with Gasteiger partial charge in [-0.25, -0.2) is 0 Å². The molecule has 17 heavy (non-hydrogen) atoms. The fraction of sp³-hybridized carbons (Fsp3) is 0.636. The highest BCUT2D eigenvalue weighted by Gasteiger charge is 2.09. The second kappa shape index (κ2) is 6.90. The largest absolute Gasteiger partial charge is 0.476 e. The first-order valence-corrected chi connectivity index (χ1v) is 5.66. The summed E-state index contributed by atoms with van der Waals surface area (Å²) in [5, 5.41) is 0. The van der Waals surface area contributed by atoms with Gasteiger partial charge in [0.25, 0.3) is 0 Å². The van der Waals surface area contributed by atoms with Crippen LogP contribution in [-0.2, 0) is 0 Å². The Morgan fingerprint density at radius 3 is 2.47 bits per heavy atom. The minimum absolute atomic E-state index is 0.360. The molecule has 0 unspecified atom stereocenters. The van der Waals surface area contributed by atoms with Crippen LogP contribution in [0.5, 0.6) is 11.8 Å². The third-order valence-electron chi connectivity index (χ3n) is 2.08. The summed E-state index contributed by atoms with van der Waals surface area (Å²) in [6.07, 6.45) is 2.31. The summed E-state index contributed by atoms with van der Waals surface area (Å²) < 4.78 is 10.7. The number of hydrogen-bond acceptors (Lipinski definition) is 6. The second-order valence-electron chi connectivity index (χ2n) is 3.84. The predicted octanol–water partition coefficient (Wildman–Crippen LogP) is 0.788. The van der Waals surface area contributed by atoms with E-state index in [1.807, 2.05) is 21.0 Å². The highest BCUT2D eigenvalue weighted by atomic mass is 16.5. The normalized spacial score (nSPS) is 10.6. The van der Waals surface area contributed by atoms with E-state index in [-0.39, 0.29) is 0 Å². The van der Waals surface area contributed by atoms with Gasteiger partial charge in [0, 0.05) is 6.54 Å². The van der Waals surface area contributed by atoms with Gasteiger partial charge in [-0.05, 0) is 27.4 Å². The Labute approximate surface area is 102 Å².